The smallest absolute Gasteiger partial charge is 0.155 e. The molecular formula is C7H14O2. The molecule has 0 aromatic rings. The van der Waals surface area contributed by atoms with Crippen molar-refractivity contribution in [1.29, 1.82) is 0 Å². The molecule has 0 bridgehead atoms. The van der Waals surface area contributed by atoms with E-state index in [1.807, 2.05) is 6.92 Å². The van der Waals surface area contributed by atoms with E-state index in [0.717, 1.165) is 12.8 Å². The van der Waals surface area contributed by atoms with Gasteiger partial charge in [-0.15, -0.1) is 0 Å². The van der Waals surface area contributed by atoms with E-state index in [9.17, 15) is 0 Å². The molecule has 1 fully saturated rings. The number of rotatable bonds is 0. The van der Waals surface area contributed by atoms with Crippen molar-refractivity contribution >= 4 is 0 Å². The first kappa shape index (κ1) is 7.03. The number of aliphatic hydroxyl groups excluding tert-OH is 1. The third-order valence-corrected chi connectivity index (χ3v) is 1.73. The predicted molar refractivity (Wildman–Crippen MR) is 35.0 cm³/mol. The van der Waals surface area contributed by atoms with Gasteiger partial charge in [-0.1, -0.05) is 6.92 Å². The minimum atomic E-state index is -0.510. The van der Waals surface area contributed by atoms with Gasteiger partial charge in [-0.25, -0.2) is 0 Å². The van der Waals surface area contributed by atoms with Crippen LogP contribution in [0.3, 0.4) is 0 Å². The van der Waals surface area contributed by atoms with Crippen molar-refractivity contribution in [2.75, 3.05) is 0 Å². The summed E-state index contributed by atoms with van der Waals surface area (Å²) >= 11 is 0. The van der Waals surface area contributed by atoms with Gasteiger partial charge in [0.1, 0.15) is 0 Å². The summed E-state index contributed by atoms with van der Waals surface area (Å²) in [5.41, 5.74) is 0. The fraction of sp³-hybridized carbons (Fsp3) is 1.00. The van der Waals surface area contributed by atoms with Crippen LogP contribution in [0.25, 0.3) is 0 Å². The van der Waals surface area contributed by atoms with Crippen molar-refractivity contribution in [3.8, 4) is 0 Å². The molecule has 0 aliphatic carbocycles. The van der Waals surface area contributed by atoms with Gasteiger partial charge >= 0.3 is 0 Å². The van der Waals surface area contributed by atoms with Crippen LogP contribution < -0.4 is 0 Å². The Morgan fingerprint density at radius 1 is 1.33 bits per heavy atom. The van der Waals surface area contributed by atoms with Crippen LogP contribution in [-0.4, -0.2) is 17.5 Å². The fourth-order valence-electron chi connectivity index (χ4n) is 1.39. The van der Waals surface area contributed by atoms with Gasteiger partial charge in [-0.2, -0.15) is 0 Å². The lowest BCUT2D eigenvalue weighted by Gasteiger charge is -2.28. The molecule has 2 unspecified atom stereocenters. The van der Waals surface area contributed by atoms with E-state index in [-0.39, 0.29) is 6.10 Å². The standard InChI is InChI=1S/C7H14O2/c1-5-3-6(2)9-7(8)4-5/h5-8H,3-4H2,1-2H3/t5?,6-,7?/m1/s1. The van der Waals surface area contributed by atoms with Crippen molar-refractivity contribution in [1.82, 2.24) is 0 Å². The van der Waals surface area contributed by atoms with Crippen LogP contribution in [0.4, 0.5) is 0 Å². The molecular weight excluding hydrogens is 116 g/mol. The molecule has 0 radical (unpaired) electrons. The Labute approximate surface area is 55.8 Å². The average Bonchev–Trinajstić information content (AvgIpc) is 1.59. The Kier molecular flexibility index (Phi) is 2.09. The topological polar surface area (TPSA) is 29.5 Å². The molecule has 3 atom stereocenters. The van der Waals surface area contributed by atoms with Crippen LogP contribution in [0, 0.1) is 5.92 Å². The van der Waals surface area contributed by atoms with E-state index in [1.165, 1.54) is 0 Å². The third kappa shape index (κ3) is 1.95. The molecule has 1 aliphatic heterocycles. The van der Waals surface area contributed by atoms with Gasteiger partial charge < -0.3 is 9.84 Å². The molecule has 0 saturated carbocycles. The summed E-state index contributed by atoms with van der Waals surface area (Å²) in [4.78, 5) is 0. The molecule has 2 nitrogen and oxygen atoms in total. The van der Waals surface area contributed by atoms with Gasteiger partial charge in [0.2, 0.25) is 0 Å². The van der Waals surface area contributed by atoms with Gasteiger partial charge in [-0.3, -0.25) is 0 Å². The Hall–Kier alpha value is -0.0800. The van der Waals surface area contributed by atoms with Crippen molar-refractivity contribution in [2.45, 2.75) is 39.1 Å². The maximum absolute atomic E-state index is 9.03. The summed E-state index contributed by atoms with van der Waals surface area (Å²) in [5.74, 6) is 0.615. The van der Waals surface area contributed by atoms with Crippen LogP contribution in [-0.2, 0) is 4.74 Å². The Morgan fingerprint density at radius 3 is 2.44 bits per heavy atom. The largest absolute Gasteiger partial charge is 0.368 e. The molecule has 1 aliphatic rings. The summed E-state index contributed by atoms with van der Waals surface area (Å²) < 4.78 is 5.11. The lowest BCUT2D eigenvalue weighted by Crippen LogP contribution is -2.29. The summed E-state index contributed by atoms with van der Waals surface area (Å²) in [5, 5.41) is 9.03. The molecule has 2 heteroatoms. The van der Waals surface area contributed by atoms with Crippen molar-refractivity contribution in [2.24, 2.45) is 5.92 Å². The Bertz CT molecular complexity index is 67.9. The van der Waals surface area contributed by atoms with E-state index >= 15 is 0 Å². The third-order valence-electron chi connectivity index (χ3n) is 1.73. The van der Waals surface area contributed by atoms with Gasteiger partial charge in [0.15, 0.2) is 6.29 Å². The zero-order chi connectivity index (χ0) is 6.85. The molecule has 1 rings (SSSR count). The lowest BCUT2D eigenvalue weighted by atomic mass is 9.98. The molecule has 1 heterocycles. The first-order chi connectivity index (χ1) is 4.18. The Balaban J connectivity index is 2.34. The SMILES string of the molecule is CC1CC(O)O[C@H](C)C1. The predicted octanol–water partition coefficient (Wildman–Crippen LogP) is 1.14. The fourth-order valence-corrected chi connectivity index (χ4v) is 1.39. The summed E-state index contributed by atoms with van der Waals surface area (Å²) in [6.45, 7) is 4.14. The molecule has 0 spiro atoms. The monoisotopic (exact) mass is 130 g/mol. The quantitative estimate of drug-likeness (QED) is 0.533. The second-order valence-corrected chi connectivity index (χ2v) is 2.98. The first-order valence-corrected chi connectivity index (χ1v) is 3.52. The average molecular weight is 130 g/mol. The van der Waals surface area contributed by atoms with Crippen molar-refractivity contribution < 1.29 is 9.84 Å². The lowest BCUT2D eigenvalue weighted by molar-refractivity contribution is -0.169. The zero-order valence-corrected chi connectivity index (χ0v) is 6.00. The summed E-state index contributed by atoms with van der Waals surface area (Å²) in [6, 6.07) is 0. The zero-order valence-electron chi connectivity index (χ0n) is 6.00. The second-order valence-electron chi connectivity index (χ2n) is 2.98. The van der Waals surface area contributed by atoms with E-state index in [1.54, 1.807) is 0 Å². The van der Waals surface area contributed by atoms with E-state index < -0.39 is 6.29 Å². The van der Waals surface area contributed by atoms with Crippen LogP contribution in [0.5, 0.6) is 0 Å². The maximum Gasteiger partial charge on any atom is 0.155 e. The molecule has 0 aromatic heterocycles. The van der Waals surface area contributed by atoms with E-state index in [4.69, 9.17) is 9.84 Å². The molecule has 1 saturated heterocycles. The number of aliphatic hydroxyl groups is 1. The molecule has 0 aromatic carbocycles. The minimum absolute atomic E-state index is 0.240. The van der Waals surface area contributed by atoms with Crippen LogP contribution in [0.15, 0.2) is 0 Å². The highest BCUT2D eigenvalue weighted by molar-refractivity contribution is 4.66. The molecule has 54 valence electrons. The Morgan fingerprint density at radius 2 is 2.00 bits per heavy atom. The number of hydrogen-bond acceptors (Lipinski definition) is 2. The highest BCUT2D eigenvalue weighted by Crippen LogP contribution is 2.22. The van der Waals surface area contributed by atoms with Crippen molar-refractivity contribution in [3.63, 3.8) is 0 Å². The van der Waals surface area contributed by atoms with Crippen LogP contribution >= 0.6 is 0 Å². The van der Waals surface area contributed by atoms with Gasteiger partial charge in [0, 0.05) is 6.42 Å². The van der Waals surface area contributed by atoms with E-state index in [0.29, 0.717) is 5.92 Å². The summed E-state index contributed by atoms with van der Waals surface area (Å²) in [6.07, 6.45) is 1.61. The molecule has 0 amide bonds. The number of hydrogen-bond donors (Lipinski definition) is 1. The number of ether oxygens (including phenoxy) is 1. The van der Waals surface area contributed by atoms with Crippen molar-refractivity contribution in [3.05, 3.63) is 0 Å². The normalized spacial score (nSPS) is 45.0. The minimum Gasteiger partial charge on any atom is -0.368 e. The van der Waals surface area contributed by atoms with E-state index in [2.05, 4.69) is 6.92 Å². The summed E-state index contributed by atoms with van der Waals surface area (Å²) in [7, 11) is 0. The highest BCUT2D eigenvalue weighted by Gasteiger charge is 2.21. The maximum atomic E-state index is 9.03. The van der Waals surface area contributed by atoms with Crippen LogP contribution in [0.2, 0.25) is 0 Å². The highest BCUT2D eigenvalue weighted by atomic mass is 16.6. The van der Waals surface area contributed by atoms with Crippen LogP contribution in [0.1, 0.15) is 26.7 Å². The van der Waals surface area contributed by atoms with Gasteiger partial charge in [0.25, 0.3) is 0 Å². The molecule has 9 heavy (non-hydrogen) atoms. The second kappa shape index (κ2) is 2.67. The molecule has 1 N–H and O–H groups in total. The first-order valence-electron chi connectivity index (χ1n) is 3.52. The van der Waals surface area contributed by atoms with Gasteiger partial charge in [0.05, 0.1) is 6.10 Å². The van der Waals surface area contributed by atoms with Gasteiger partial charge in [-0.05, 0) is 19.3 Å².